The number of nitriles is 1. The molecule has 4 rings (SSSR count). The standard InChI is InChI=1S/C25H21N3S/c1-2-28(18-20-8-4-3-5-9-20)22-14-12-19(13-15-22)16-21(17-26)25-27-23-10-6-7-11-24(23)29-25/h3-16H,2,18H2,1H3. The third-order valence-electron chi connectivity index (χ3n) is 4.81. The second-order valence-electron chi connectivity index (χ2n) is 6.75. The zero-order valence-corrected chi connectivity index (χ0v) is 17.1. The van der Waals surface area contributed by atoms with Crippen LogP contribution >= 0.6 is 11.3 Å². The van der Waals surface area contributed by atoms with Crippen LogP contribution in [-0.4, -0.2) is 11.5 Å². The van der Waals surface area contributed by atoms with Gasteiger partial charge in [-0.2, -0.15) is 5.26 Å². The molecule has 0 unspecified atom stereocenters. The SMILES string of the molecule is CCN(Cc1ccccc1)c1ccc(C=C(C#N)c2nc3ccccc3s2)cc1. The van der Waals surface area contributed by atoms with E-state index in [0.717, 1.165) is 33.9 Å². The van der Waals surface area contributed by atoms with Crippen molar-refractivity contribution in [1.82, 2.24) is 4.98 Å². The fraction of sp³-hybridized carbons (Fsp3) is 0.120. The van der Waals surface area contributed by atoms with E-state index in [0.29, 0.717) is 5.57 Å². The molecule has 1 aromatic heterocycles. The minimum Gasteiger partial charge on any atom is -0.367 e. The number of allylic oxidation sites excluding steroid dienone is 1. The van der Waals surface area contributed by atoms with Crippen molar-refractivity contribution in [1.29, 1.82) is 5.26 Å². The molecule has 0 amide bonds. The van der Waals surface area contributed by atoms with Gasteiger partial charge in [-0.1, -0.05) is 54.6 Å². The van der Waals surface area contributed by atoms with Crippen LogP contribution in [0.2, 0.25) is 0 Å². The van der Waals surface area contributed by atoms with Crippen molar-refractivity contribution in [3.63, 3.8) is 0 Å². The molecule has 0 aliphatic rings. The molecule has 1 heterocycles. The molecule has 0 bridgehead atoms. The van der Waals surface area contributed by atoms with Gasteiger partial charge in [-0.3, -0.25) is 0 Å². The second-order valence-corrected chi connectivity index (χ2v) is 7.78. The second kappa shape index (κ2) is 8.72. The van der Waals surface area contributed by atoms with Gasteiger partial charge in [-0.05, 0) is 48.4 Å². The predicted molar refractivity (Wildman–Crippen MR) is 123 cm³/mol. The van der Waals surface area contributed by atoms with Crippen molar-refractivity contribution < 1.29 is 0 Å². The number of thiazole rings is 1. The molecule has 0 N–H and O–H groups in total. The first kappa shape index (κ1) is 18.9. The largest absolute Gasteiger partial charge is 0.367 e. The lowest BCUT2D eigenvalue weighted by atomic mass is 10.1. The summed E-state index contributed by atoms with van der Waals surface area (Å²) in [7, 11) is 0. The average Bonchev–Trinajstić information content (AvgIpc) is 3.21. The van der Waals surface area contributed by atoms with E-state index in [9.17, 15) is 5.26 Å². The quantitative estimate of drug-likeness (QED) is 0.355. The molecule has 142 valence electrons. The maximum atomic E-state index is 9.65. The highest BCUT2D eigenvalue weighted by Gasteiger charge is 2.09. The van der Waals surface area contributed by atoms with E-state index in [1.165, 1.54) is 11.3 Å². The van der Waals surface area contributed by atoms with Crippen LogP contribution in [0.4, 0.5) is 5.69 Å². The van der Waals surface area contributed by atoms with Crippen LogP contribution in [-0.2, 0) is 6.54 Å². The van der Waals surface area contributed by atoms with Gasteiger partial charge in [-0.25, -0.2) is 4.98 Å². The van der Waals surface area contributed by atoms with Gasteiger partial charge in [0.05, 0.1) is 15.8 Å². The Bertz CT molecular complexity index is 1140. The molecule has 0 aliphatic heterocycles. The van der Waals surface area contributed by atoms with Crippen molar-refractivity contribution in [2.75, 3.05) is 11.4 Å². The fourth-order valence-corrected chi connectivity index (χ4v) is 4.20. The summed E-state index contributed by atoms with van der Waals surface area (Å²) in [6, 6.07) is 29.1. The van der Waals surface area contributed by atoms with E-state index < -0.39 is 0 Å². The number of aromatic nitrogens is 1. The van der Waals surface area contributed by atoms with Crippen LogP contribution in [0.5, 0.6) is 0 Å². The van der Waals surface area contributed by atoms with Crippen molar-refractivity contribution in [2.24, 2.45) is 0 Å². The molecule has 4 heteroatoms. The zero-order chi connectivity index (χ0) is 20.1. The number of hydrogen-bond donors (Lipinski definition) is 0. The van der Waals surface area contributed by atoms with E-state index in [4.69, 9.17) is 0 Å². The summed E-state index contributed by atoms with van der Waals surface area (Å²) in [5.74, 6) is 0. The van der Waals surface area contributed by atoms with Gasteiger partial charge in [-0.15, -0.1) is 11.3 Å². The Balaban J connectivity index is 1.56. The Morgan fingerprint density at radius 2 is 1.72 bits per heavy atom. The number of hydrogen-bond acceptors (Lipinski definition) is 4. The van der Waals surface area contributed by atoms with Crippen LogP contribution in [0.15, 0.2) is 78.9 Å². The van der Waals surface area contributed by atoms with Gasteiger partial charge >= 0.3 is 0 Å². The van der Waals surface area contributed by atoms with Crippen LogP contribution < -0.4 is 4.90 Å². The van der Waals surface area contributed by atoms with Crippen LogP contribution in [0, 0.1) is 11.3 Å². The van der Waals surface area contributed by atoms with Crippen molar-refractivity contribution >= 4 is 38.9 Å². The first-order valence-electron chi connectivity index (χ1n) is 9.63. The minimum absolute atomic E-state index is 0.593. The lowest BCUT2D eigenvalue weighted by Gasteiger charge is -2.23. The Hall–Kier alpha value is -3.42. The van der Waals surface area contributed by atoms with Gasteiger partial charge < -0.3 is 4.90 Å². The van der Waals surface area contributed by atoms with Crippen LogP contribution in [0.1, 0.15) is 23.1 Å². The number of nitrogens with zero attached hydrogens (tertiary/aromatic N) is 3. The average molecular weight is 396 g/mol. The third-order valence-corrected chi connectivity index (χ3v) is 5.88. The Morgan fingerprint density at radius 1 is 1.00 bits per heavy atom. The molecule has 3 aromatic carbocycles. The summed E-state index contributed by atoms with van der Waals surface area (Å²) in [6.07, 6.45) is 1.91. The van der Waals surface area contributed by atoms with Gasteiger partial charge in [0.15, 0.2) is 0 Å². The van der Waals surface area contributed by atoms with Gasteiger partial charge in [0.2, 0.25) is 0 Å². The van der Waals surface area contributed by atoms with E-state index in [1.807, 2.05) is 36.4 Å². The normalized spacial score (nSPS) is 11.4. The smallest absolute Gasteiger partial charge is 0.135 e. The summed E-state index contributed by atoms with van der Waals surface area (Å²) in [5.41, 5.74) is 4.99. The van der Waals surface area contributed by atoms with Gasteiger partial charge in [0, 0.05) is 18.8 Å². The monoisotopic (exact) mass is 395 g/mol. The summed E-state index contributed by atoms with van der Waals surface area (Å²) < 4.78 is 1.10. The number of fused-ring (bicyclic) bond motifs is 1. The Morgan fingerprint density at radius 3 is 2.41 bits per heavy atom. The predicted octanol–water partition coefficient (Wildman–Crippen LogP) is 6.39. The first-order chi connectivity index (χ1) is 14.3. The molecule has 0 aliphatic carbocycles. The van der Waals surface area contributed by atoms with E-state index >= 15 is 0 Å². The molecule has 29 heavy (non-hydrogen) atoms. The summed E-state index contributed by atoms with van der Waals surface area (Å²) >= 11 is 1.55. The van der Waals surface area contributed by atoms with Crippen molar-refractivity contribution in [2.45, 2.75) is 13.5 Å². The lowest BCUT2D eigenvalue weighted by Crippen LogP contribution is -2.21. The molecule has 0 spiro atoms. The molecule has 0 saturated heterocycles. The fourth-order valence-electron chi connectivity index (χ4n) is 3.27. The molecule has 0 saturated carbocycles. The third kappa shape index (κ3) is 4.37. The molecule has 0 fully saturated rings. The van der Waals surface area contributed by atoms with Crippen LogP contribution in [0.3, 0.4) is 0 Å². The number of rotatable bonds is 6. The van der Waals surface area contributed by atoms with Crippen LogP contribution in [0.25, 0.3) is 21.9 Å². The first-order valence-corrected chi connectivity index (χ1v) is 10.4. The highest BCUT2D eigenvalue weighted by Crippen LogP contribution is 2.28. The van der Waals surface area contributed by atoms with Crippen molar-refractivity contribution in [3.8, 4) is 6.07 Å². The van der Waals surface area contributed by atoms with Crippen molar-refractivity contribution in [3.05, 3.63) is 95.0 Å². The van der Waals surface area contributed by atoms with E-state index in [2.05, 4.69) is 71.4 Å². The summed E-state index contributed by atoms with van der Waals surface area (Å²) in [6.45, 7) is 3.97. The summed E-state index contributed by atoms with van der Waals surface area (Å²) in [4.78, 5) is 6.94. The number of benzene rings is 3. The number of anilines is 1. The molecular weight excluding hydrogens is 374 g/mol. The maximum Gasteiger partial charge on any atom is 0.135 e. The number of para-hydroxylation sites is 1. The molecule has 4 aromatic rings. The minimum atomic E-state index is 0.593. The van der Waals surface area contributed by atoms with E-state index in [-0.39, 0.29) is 0 Å². The molecular formula is C25H21N3S. The lowest BCUT2D eigenvalue weighted by molar-refractivity contribution is 0.832. The molecule has 0 atom stereocenters. The Labute approximate surface area is 175 Å². The summed E-state index contributed by atoms with van der Waals surface area (Å²) in [5, 5.41) is 10.4. The molecule has 3 nitrogen and oxygen atoms in total. The highest BCUT2D eigenvalue weighted by atomic mass is 32.1. The Kier molecular flexibility index (Phi) is 5.69. The topological polar surface area (TPSA) is 39.9 Å². The van der Waals surface area contributed by atoms with Gasteiger partial charge in [0.1, 0.15) is 11.1 Å². The highest BCUT2D eigenvalue weighted by molar-refractivity contribution is 7.19. The van der Waals surface area contributed by atoms with Gasteiger partial charge in [0.25, 0.3) is 0 Å². The zero-order valence-electron chi connectivity index (χ0n) is 16.2. The van der Waals surface area contributed by atoms with E-state index in [1.54, 1.807) is 11.3 Å². The maximum absolute atomic E-state index is 9.65. The molecule has 0 radical (unpaired) electrons.